The SMILES string of the molecule is COc1nccc2ccc(NC3CCC(CNc4ncc(C#N)cn4)CC3)nc12. The Kier molecular flexibility index (Phi) is 5.66. The third kappa shape index (κ3) is 4.51. The number of nitrogens with one attached hydrogen (secondary N) is 2. The Morgan fingerprint density at radius 3 is 2.62 bits per heavy atom. The van der Waals surface area contributed by atoms with E-state index in [9.17, 15) is 0 Å². The first-order valence-electron chi connectivity index (χ1n) is 9.77. The van der Waals surface area contributed by atoms with Crippen LogP contribution in [0.5, 0.6) is 5.88 Å². The summed E-state index contributed by atoms with van der Waals surface area (Å²) in [4.78, 5) is 17.3. The van der Waals surface area contributed by atoms with Gasteiger partial charge in [0.2, 0.25) is 11.8 Å². The van der Waals surface area contributed by atoms with Crippen molar-refractivity contribution in [3.05, 3.63) is 42.4 Å². The van der Waals surface area contributed by atoms with E-state index in [1.54, 1.807) is 13.3 Å². The van der Waals surface area contributed by atoms with Crippen LogP contribution in [0.2, 0.25) is 0 Å². The highest BCUT2D eigenvalue weighted by Gasteiger charge is 2.21. The van der Waals surface area contributed by atoms with Crippen molar-refractivity contribution in [3.63, 3.8) is 0 Å². The number of nitrogens with zero attached hydrogens (tertiary/aromatic N) is 5. The Labute approximate surface area is 169 Å². The predicted molar refractivity (Wildman–Crippen MR) is 111 cm³/mol. The Morgan fingerprint density at radius 2 is 1.90 bits per heavy atom. The number of aromatic nitrogens is 4. The fourth-order valence-electron chi connectivity index (χ4n) is 3.68. The predicted octanol–water partition coefficient (Wildman–Crippen LogP) is 3.38. The number of fused-ring (bicyclic) bond motifs is 1. The smallest absolute Gasteiger partial charge is 0.240 e. The fraction of sp³-hybridized carbons (Fsp3) is 0.381. The van der Waals surface area contributed by atoms with E-state index in [1.807, 2.05) is 24.3 Å². The molecular formula is C21H23N7O. The topological polar surface area (TPSA) is 109 Å². The van der Waals surface area contributed by atoms with Crippen molar-refractivity contribution in [3.8, 4) is 11.9 Å². The summed E-state index contributed by atoms with van der Waals surface area (Å²) in [5.74, 6) is 2.57. The Bertz CT molecular complexity index is 1010. The van der Waals surface area contributed by atoms with E-state index in [4.69, 9.17) is 15.0 Å². The van der Waals surface area contributed by atoms with Gasteiger partial charge >= 0.3 is 0 Å². The summed E-state index contributed by atoms with van der Waals surface area (Å²) < 4.78 is 5.33. The number of methoxy groups -OCH3 is 1. The third-order valence-corrected chi connectivity index (χ3v) is 5.30. The highest BCUT2D eigenvalue weighted by atomic mass is 16.5. The van der Waals surface area contributed by atoms with Gasteiger partial charge in [0.25, 0.3) is 0 Å². The molecule has 0 bridgehead atoms. The highest BCUT2D eigenvalue weighted by Crippen LogP contribution is 2.28. The number of nitriles is 1. The van der Waals surface area contributed by atoms with E-state index < -0.39 is 0 Å². The van der Waals surface area contributed by atoms with E-state index >= 15 is 0 Å². The first kappa shape index (κ1) is 18.9. The van der Waals surface area contributed by atoms with Gasteiger partial charge in [0, 0.05) is 24.2 Å². The zero-order valence-corrected chi connectivity index (χ0v) is 16.3. The molecule has 2 N–H and O–H groups in total. The molecule has 1 aliphatic carbocycles. The molecule has 0 aromatic carbocycles. The fourth-order valence-corrected chi connectivity index (χ4v) is 3.68. The summed E-state index contributed by atoms with van der Waals surface area (Å²) in [6, 6.07) is 8.42. The van der Waals surface area contributed by atoms with Gasteiger partial charge < -0.3 is 15.4 Å². The first-order chi connectivity index (χ1) is 14.2. The molecule has 0 saturated heterocycles. The maximum Gasteiger partial charge on any atom is 0.240 e. The number of rotatable bonds is 6. The van der Waals surface area contributed by atoms with Crippen molar-refractivity contribution in [2.45, 2.75) is 31.7 Å². The van der Waals surface area contributed by atoms with Gasteiger partial charge in [-0.3, -0.25) is 0 Å². The van der Waals surface area contributed by atoms with Gasteiger partial charge in [0.1, 0.15) is 17.4 Å². The van der Waals surface area contributed by atoms with Crippen LogP contribution >= 0.6 is 0 Å². The van der Waals surface area contributed by atoms with Crippen LogP contribution in [0.4, 0.5) is 11.8 Å². The maximum atomic E-state index is 8.80. The molecule has 29 heavy (non-hydrogen) atoms. The van der Waals surface area contributed by atoms with Crippen molar-refractivity contribution in [1.82, 2.24) is 19.9 Å². The summed E-state index contributed by atoms with van der Waals surface area (Å²) in [5, 5.41) is 16.7. The molecule has 148 valence electrons. The maximum absolute atomic E-state index is 8.80. The van der Waals surface area contributed by atoms with Gasteiger partial charge in [0.15, 0.2) is 0 Å². The van der Waals surface area contributed by atoms with E-state index in [-0.39, 0.29) is 0 Å². The summed E-state index contributed by atoms with van der Waals surface area (Å²) in [6.07, 6.45) is 9.23. The molecule has 1 saturated carbocycles. The van der Waals surface area contributed by atoms with Gasteiger partial charge in [-0.1, -0.05) is 0 Å². The van der Waals surface area contributed by atoms with Gasteiger partial charge in [0.05, 0.1) is 25.1 Å². The second-order valence-electron chi connectivity index (χ2n) is 7.24. The van der Waals surface area contributed by atoms with Crippen LogP contribution in [-0.2, 0) is 0 Å². The van der Waals surface area contributed by atoms with E-state index in [2.05, 4.69) is 25.6 Å². The van der Waals surface area contributed by atoms with Crippen LogP contribution in [0.15, 0.2) is 36.8 Å². The lowest BCUT2D eigenvalue weighted by molar-refractivity contribution is 0.350. The van der Waals surface area contributed by atoms with E-state index in [0.717, 1.165) is 48.9 Å². The minimum absolute atomic E-state index is 0.407. The quantitative estimate of drug-likeness (QED) is 0.660. The molecular weight excluding hydrogens is 366 g/mol. The van der Waals surface area contributed by atoms with E-state index in [0.29, 0.717) is 29.4 Å². The highest BCUT2D eigenvalue weighted by molar-refractivity contribution is 5.84. The normalized spacial score (nSPS) is 18.8. The minimum atomic E-state index is 0.407. The number of hydrogen-bond acceptors (Lipinski definition) is 8. The Morgan fingerprint density at radius 1 is 1.10 bits per heavy atom. The molecule has 8 heteroatoms. The van der Waals surface area contributed by atoms with Crippen LogP contribution in [0.3, 0.4) is 0 Å². The van der Waals surface area contributed by atoms with Crippen molar-refractivity contribution in [1.29, 1.82) is 5.26 Å². The molecule has 0 unspecified atom stereocenters. The zero-order chi connectivity index (χ0) is 20.1. The van der Waals surface area contributed by atoms with Gasteiger partial charge in [-0.05, 0) is 49.8 Å². The standard InChI is InChI=1S/C21H23N7O/c1-29-20-19-16(8-9-23-20)4-7-18(28-19)27-17-5-2-14(3-6-17)11-24-21-25-12-15(10-22)13-26-21/h4,7-9,12-14,17H,2-3,5-6,11H2,1H3,(H,27,28)(H,24,25,26). The Balaban J connectivity index is 1.29. The molecule has 0 atom stereocenters. The van der Waals surface area contributed by atoms with Crippen molar-refractivity contribution >= 4 is 22.7 Å². The lowest BCUT2D eigenvalue weighted by Gasteiger charge is -2.29. The molecule has 1 fully saturated rings. The monoisotopic (exact) mass is 389 g/mol. The van der Waals surface area contributed by atoms with Crippen LogP contribution in [0.25, 0.3) is 10.9 Å². The lowest BCUT2D eigenvalue weighted by Crippen LogP contribution is -2.29. The molecule has 3 heterocycles. The van der Waals surface area contributed by atoms with Crippen molar-refractivity contribution < 1.29 is 4.74 Å². The number of pyridine rings is 2. The van der Waals surface area contributed by atoms with Gasteiger partial charge in [-0.15, -0.1) is 0 Å². The molecule has 0 amide bonds. The lowest BCUT2D eigenvalue weighted by atomic mass is 9.86. The van der Waals surface area contributed by atoms with Gasteiger partial charge in [-0.25, -0.2) is 19.9 Å². The zero-order valence-electron chi connectivity index (χ0n) is 16.3. The third-order valence-electron chi connectivity index (χ3n) is 5.30. The molecule has 3 aromatic rings. The molecule has 3 aromatic heterocycles. The van der Waals surface area contributed by atoms with Gasteiger partial charge in [-0.2, -0.15) is 5.26 Å². The molecule has 0 radical (unpaired) electrons. The summed E-state index contributed by atoms with van der Waals surface area (Å²) in [7, 11) is 1.61. The summed E-state index contributed by atoms with van der Waals surface area (Å²) in [5.41, 5.74) is 1.25. The minimum Gasteiger partial charge on any atom is -0.479 e. The van der Waals surface area contributed by atoms with Crippen LogP contribution in [-0.4, -0.2) is 39.6 Å². The summed E-state index contributed by atoms with van der Waals surface area (Å²) >= 11 is 0. The molecule has 1 aliphatic rings. The van der Waals surface area contributed by atoms with Crippen molar-refractivity contribution in [2.24, 2.45) is 5.92 Å². The summed E-state index contributed by atoms with van der Waals surface area (Å²) in [6.45, 7) is 0.843. The molecule has 0 aliphatic heterocycles. The second kappa shape index (κ2) is 8.69. The van der Waals surface area contributed by atoms with E-state index in [1.165, 1.54) is 12.4 Å². The molecule has 8 nitrogen and oxygen atoms in total. The van der Waals surface area contributed by atoms with Crippen LogP contribution < -0.4 is 15.4 Å². The number of ether oxygens (including phenoxy) is 1. The average Bonchev–Trinajstić information content (AvgIpc) is 2.78. The number of anilines is 2. The van der Waals surface area contributed by atoms with Crippen LogP contribution in [0.1, 0.15) is 31.2 Å². The largest absolute Gasteiger partial charge is 0.479 e. The Hall–Kier alpha value is -3.47. The molecule has 0 spiro atoms. The first-order valence-corrected chi connectivity index (χ1v) is 9.77. The average molecular weight is 389 g/mol. The van der Waals surface area contributed by atoms with Crippen LogP contribution in [0, 0.1) is 17.2 Å². The van der Waals surface area contributed by atoms with Crippen molar-refractivity contribution in [2.75, 3.05) is 24.3 Å². The second-order valence-corrected chi connectivity index (χ2v) is 7.24. The molecule has 4 rings (SSSR count). The number of hydrogen-bond donors (Lipinski definition) is 2.